The summed E-state index contributed by atoms with van der Waals surface area (Å²) in [6, 6.07) is 0. The molecule has 4 nitrogen and oxygen atoms in total. The minimum Gasteiger partial charge on any atom is -0.466 e. The molecule has 0 aromatic heterocycles. The smallest absolute Gasteiger partial charge is 0.310 e. The Morgan fingerprint density at radius 3 is 2.22 bits per heavy atom. The van der Waals surface area contributed by atoms with Gasteiger partial charge in [-0.3, -0.25) is 9.59 Å². The van der Waals surface area contributed by atoms with E-state index in [1.54, 1.807) is 13.8 Å². The predicted molar refractivity (Wildman–Crippen MR) is 109 cm³/mol. The lowest BCUT2D eigenvalue weighted by Crippen LogP contribution is -2.34. The Labute approximate surface area is 164 Å². The zero-order chi connectivity index (χ0) is 20.2. The fourth-order valence-electron chi connectivity index (χ4n) is 3.37. The SMILES string of the molecule is CCOC(=O)C1CC=C(CC/C=C(\C)CCC=C(C)C)CC1C(=O)OCC. The number of rotatable bonds is 10. The van der Waals surface area contributed by atoms with Crippen molar-refractivity contribution in [2.24, 2.45) is 11.8 Å². The lowest BCUT2D eigenvalue weighted by molar-refractivity contribution is -0.160. The number of carbonyl (C=O) groups excluding carboxylic acids is 2. The Hall–Kier alpha value is -1.84. The molecule has 1 aliphatic carbocycles. The Kier molecular flexibility index (Phi) is 10.8. The molecule has 27 heavy (non-hydrogen) atoms. The van der Waals surface area contributed by atoms with Gasteiger partial charge in [0.1, 0.15) is 0 Å². The molecular formula is C23H36O4. The lowest BCUT2D eigenvalue weighted by atomic mass is 9.78. The summed E-state index contributed by atoms with van der Waals surface area (Å²) >= 11 is 0. The largest absolute Gasteiger partial charge is 0.466 e. The van der Waals surface area contributed by atoms with Gasteiger partial charge in [-0.05, 0) is 73.1 Å². The third kappa shape index (κ3) is 8.59. The second-order valence-electron chi connectivity index (χ2n) is 7.43. The average Bonchev–Trinajstić information content (AvgIpc) is 2.61. The number of hydrogen-bond acceptors (Lipinski definition) is 4. The van der Waals surface area contributed by atoms with E-state index in [9.17, 15) is 9.59 Å². The van der Waals surface area contributed by atoms with Crippen molar-refractivity contribution >= 4 is 11.9 Å². The highest BCUT2D eigenvalue weighted by Gasteiger charge is 2.37. The number of hydrogen-bond donors (Lipinski definition) is 0. The van der Waals surface area contributed by atoms with Crippen LogP contribution in [0.3, 0.4) is 0 Å². The van der Waals surface area contributed by atoms with E-state index in [4.69, 9.17) is 9.47 Å². The summed E-state index contributed by atoms with van der Waals surface area (Å²) in [5.74, 6) is -1.42. The van der Waals surface area contributed by atoms with Crippen molar-refractivity contribution in [2.45, 2.75) is 73.1 Å². The van der Waals surface area contributed by atoms with Crippen LogP contribution in [0, 0.1) is 11.8 Å². The van der Waals surface area contributed by atoms with E-state index < -0.39 is 11.8 Å². The van der Waals surface area contributed by atoms with Gasteiger partial charge in [0.05, 0.1) is 25.0 Å². The Morgan fingerprint density at radius 1 is 1.00 bits per heavy atom. The van der Waals surface area contributed by atoms with Crippen LogP contribution in [0.5, 0.6) is 0 Å². The zero-order valence-electron chi connectivity index (χ0n) is 17.7. The van der Waals surface area contributed by atoms with Crippen molar-refractivity contribution in [3.8, 4) is 0 Å². The molecule has 1 aliphatic rings. The van der Waals surface area contributed by atoms with Crippen LogP contribution < -0.4 is 0 Å². The fraction of sp³-hybridized carbons (Fsp3) is 0.652. The van der Waals surface area contributed by atoms with Gasteiger partial charge in [0, 0.05) is 0 Å². The minimum atomic E-state index is -0.424. The van der Waals surface area contributed by atoms with E-state index in [0.29, 0.717) is 26.1 Å². The Morgan fingerprint density at radius 2 is 1.63 bits per heavy atom. The molecule has 0 spiro atoms. The maximum Gasteiger partial charge on any atom is 0.310 e. The first kappa shape index (κ1) is 23.2. The van der Waals surface area contributed by atoms with Crippen LogP contribution in [0.25, 0.3) is 0 Å². The highest BCUT2D eigenvalue weighted by molar-refractivity contribution is 5.83. The lowest BCUT2D eigenvalue weighted by Gasteiger charge is -2.28. The summed E-state index contributed by atoms with van der Waals surface area (Å²) in [5, 5.41) is 0. The normalized spacial score (nSPS) is 19.9. The van der Waals surface area contributed by atoms with Crippen molar-refractivity contribution in [3.63, 3.8) is 0 Å². The molecular weight excluding hydrogens is 340 g/mol. The molecule has 4 heteroatoms. The Balaban J connectivity index is 2.65. The Bertz CT molecular complexity index is 579. The van der Waals surface area contributed by atoms with Crippen LogP contribution in [-0.4, -0.2) is 25.2 Å². The zero-order valence-corrected chi connectivity index (χ0v) is 17.7. The molecule has 0 amide bonds. The second-order valence-corrected chi connectivity index (χ2v) is 7.43. The topological polar surface area (TPSA) is 52.6 Å². The molecule has 0 saturated heterocycles. The molecule has 0 aromatic carbocycles. The first-order chi connectivity index (χ1) is 12.9. The van der Waals surface area contributed by atoms with Gasteiger partial charge < -0.3 is 9.47 Å². The molecule has 0 radical (unpaired) electrons. The fourth-order valence-corrected chi connectivity index (χ4v) is 3.37. The van der Waals surface area contributed by atoms with Gasteiger partial charge in [-0.15, -0.1) is 0 Å². The van der Waals surface area contributed by atoms with E-state index >= 15 is 0 Å². The molecule has 152 valence electrons. The van der Waals surface area contributed by atoms with Crippen molar-refractivity contribution in [1.82, 2.24) is 0 Å². The molecule has 0 fully saturated rings. The van der Waals surface area contributed by atoms with Gasteiger partial charge in [-0.1, -0.05) is 34.9 Å². The van der Waals surface area contributed by atoms with Gasteiger partial charge in [0.2, 0.25) is 0 Å². The van der Waals surface area contributed by atoms with Crippen molar-refractivity contribution in [1.29, 1.82) is 0 Å². The summed E-state index contributed by atoms with van der Waals surface area (Å²) in [5.41, 5.74) is 3.99. The van der Waals surface area contributed by atoms with E-state index in [0.717, 1.165) is 25.7 Å². The quantitative estimate of drug-likeness (QED) is 0.371. The third-order valence-corrected chi connectivity index (χ3v) is 4.86. The maximum absolute atomic E-state index is 12.3. The predicted octanol–water partition coefficient (Wildman–Crippen LogP) is 5.54. The molecule has 0 aliphatic heterocycles. The molecule has 0 aromatic rings. The molecule has 0 saturated carbocycles. The van der Waals surface area contributed by atoms with Crippen LogP contribution in [0.1, 0.15) is 73.1 Å². The molecule has 2 atom stereocenters. The first-order valence-corrected chi connectivity index (χ1v) is 10.2. The highest BCUT2D eigenvalue weighted by Crippen LogP contribution is 2.34. The number of ether oxygens (including phenoxy) is 2. The van der Waals surface area contributed by atoms with Crippen molar-refractivity contribution in [3.05, 3.63) is 34.9 Å². The standard InChI is InChI=1S/C23H36O4/c1-6-26-22(24)20-15-14-19(16-21(20)23(25)27-7-2)13-9-12-18(5)11-8-10-17(3)4/h10,12,14,20-21H,6-9,11,13,15-16H2,1-5H3/b18-12+. The van der Waals surface area contributed by atoms with Crippen molar-refractivity contribution in [2.75, 3.05) is 13.2 Å². The van der Waals surface area contributed by atoms with E-state index in [2.05, 4.69) is 39.0 Å². The molecule has 2 unspecified atom stereocenters. The van der Waals surface area contributed by atoms with Crippen LogP contribution in [0.2, 0.25) is 0 Å². The molecule has 0 bridgehead atoms. The van der Waals surface area contributed by atoms with Crippen LogP contribution >= 0.6 is 0 Å². The van der Waals surface area contributed by atoms with Gasteiger partial charge in [-0.2, -0.15) is 0 Å². The molecule has 0 heterocycles. The summed E-state index contributed by atoms with van der Waals surface area (Å²) in [6.07, 6.45) is 11.9. The van der Waals surface area contributed by atoms with Crippen LogP contribution in [0.15, 0.2) is 34.9 Å². The monoisotopic (exact) mass is 376 g/mol. The molecule has 1 rings (SSSR count). The van der Waals surface area contributed by atoms with E-state index in [1.807, 2.05) is 0 Å². The second kappa shape index (κ2) is 12.5. The summed E-state index contributed by atoms with van der Waals surface area (Å²) in [6.45, 7) is 10.7. The van der Waals surface area contributed by atoms with Gasteiger partial charge in [0.15, 0.2) is 0 Å². The number of carbonyl (C=O) groups is 2. The van der Waals surface area contributed by atoms with E-state index in [-0.39, 0.29) is 11.9 Å². The third-order valence-electron chi connectivity index (χ3n) is 4.86. The minimum absolute atomic E-state index is 0.283. The first-order valence-electron chi connectivity index (χ1n) is 10.2. The van der Waals surface area contributed by atoms with Crippen molar-refractivity contribution < 1.29 is 19.1 Å². The maximum atomic E-state index is 12.3. The summed E-state index contributed by atoms with van der Waals surface area (Å²) in [7, 11) is 0. The molecule has 0 N–H and O–H groups in total. The summed E-state index contributed by atoms with van der Waals surface area (Å²) < 4.78 is 10.4. The van der Waals surface area contributed by atoms with Crippen LogP contribution in [0.4, 0.5) is 0 Å². The van der Waals surface area contributed by atoms with Crippen LogP contribution in [-0.2, 0) is 19.1 Å². The van der Waals surface area contributed by atoms with E-state index in [1.165, 1.54) is 16.7 Å². The number of esters is 2. The van der Waals surface area contributed by atoms with Gasteiger partial charge in [-0.25, -0.2) is 0 Å². The number of allylic oxidation sites excluding steroid dienone is 6. The highest BCUT2D eigenvalue weighted by atomic mass is 16.5. The summed E-state index contributed by atoms with van der Waals surface area (Å²) in [4.78, 5) is 24.5. The average molecular weight is 377 g/mol. The van der Waals surface area contributed by atoms with Gasteiger partial charge in [0.25, 0.3) is 0 Å². The van der Waals surface area contributed by atoms with Gasteiger partial charge >= 0.3 is 11.9 Å².